The van der Waals surface area contributed by atoms with Crippen LogP contribution in [0.3, 0.4) is 0 Å². The Kier molecular flexibility index (Phi) is 4.23. The van der Waals surface area contributed by atoms with Crippen LogP contribution in [0, 0.1) is 29.1 Å². The highest BCUT2D eigenvalue weighted by Crippen LogP contribution is 2.61. The van der Waals surface area contributed by atoms with Gasteiger partial charge in [0.2, 0.25) is 0 Å². The van der Waals surface area contributed by atoms with Gasteiger partial charge in [0.1, 0.15) is 0 Å². The van der Waals surface area contributed by atoms with Crippen molar-refractivity contribution in [2.45, 2.75) is 84.1 Å². The molecule has 142 valence electrons. The van der Waals surface area contributed by atoms with Crippen molar-refractivity contribution >= 4 is 17.2 Å². The van der Waals surface area contributed by atoms with E-state index in [-0.39, 0.29) is 5.91 Å². The lowest BCUT2D eigenvalue weighted by Crippen LogP contribution is -2.56. The maximum absolute atomic E-state index is 13.2. The van der Waals surface area contributed by atoms with Crippen LogP contribution in [0.25, 0.3) is 0 Å². The van der Waals surface area contributed by atoms with E-state index >= 15 is 0 Å². The first kappa shape index (κ1) is 17.3. The molecule has 4 saturated carbocycles. The second-order valence-corrected chi connectivity index (χ2v) is 11.1. The minimum Gasteiger partial charge on any atom is -0.349 e. The van der Waals surface area contributed by atoms with E-state index in [0.717, 1.165) is 42.1 Å². The summed E-state index contributed by atoms with van der Waals surface area (Å²) in [7, 11) is 0. The zero-order valence-corrected chi connectivity index (χ0v) is 17.2. The number of carbonyl (C=O) groups excluding carboxylic acids is 1. The van der Waals surface area contributed by atoms with E-state index in [1.165, 1.54) is 61.8 Å². The molecule has 0 saturated heterocycles. The largest absolute Gasteiger partial charge is 0.349 e. The minimum absolute atomic E-state index is 0.222. The van der Waals surface area contributed by atoms with Crippen molar-refractivity contribution < 1.29 is 4.79 Å². The molecule has 0 radical (unpaired) electrons. The second-order valence-electron chi connectivity index (χ2n) is 10.1. The molecule has 4 fully saturated rings. The first-order valence-corrected chi connectivity index (χ1v) is 11.8. The number of nitrogens with one attached hydrogen (secondary N) is 1. The fourth-order valence-electron chi connectivity index (χ4n) is 7.40. The van der Waals surface area contributed by atoms with Crippen molar-refractivity contribution in [3.05, 3.63) is 21.4 Å². The molecule has 1 amide bonds. The summed E-state index contributed by atoms with van der Waals surface area (Å²) in [5.41, 5.74) is 2.77. The van der Waals surface area contributed by atoms with Gasteiger partial charge >= 0.3 is 0 Å². The summed E-state index contributed by atoms with van der Waals surface area (Å²) >= 11 is 1.82. The molecule has 3 heteroatoms. The zero-order chi connectivity index (χ0) is 17.9. The van der Waals surface area contributed by atoms with E-state index in [0.29, 0.717) is 11.5 Å². The van der Waals surface area contributed by atoms with Crippen molar-refractivity contribution in [3.63, 3.8) is 0 Å². The fourth-order valence-corrected chi connectivity index (χ4v) is 8.64. The molecule has 26 heavy (non-hydrogen) atoms. The summed E-state index contributed by atoms with van der Waals surface area (Å²) in [5.74, 6) is 3.83. The molecular weight excluding hydrogens is 338 g/mol. The summed E-state index contributed by atoms with van der Waals surface area (Å²) in [6.07, 6.45) is 13.1. The van der Waals surface area contributed by atoms with E-state index in [2.05, 4.69) is 24.5 Å². The van der Waals surface area contributed by atoms with Crippen molar-refractivity contribution in [3.8, 4) is 0 Å². The Morgan fingerprint density at radius 1 is 1.23 bits per heavy atom. The average molecular weight is 372 g/mol. The third kappa shape index (κ3) is 2.77. The summed E-state index contributed by atoms with van der Waals surface area (Å²) in [6.45, 7) is 4.62. The third-order valence-corrected chi connectivity index (χ3v) is 9.24. The van der Waals surface area contributed by atoms with Crippen LogP contribution < -0.4 is 5.32 Å². The Labute approximate surface area is 162 Å². The number of amides is 1. The van der Waals surface area contributed by atoms with Gasteiger partial charge in [0.15, 0.2) is 0 Å². The van der Waals surface area contributed by atoms with E-state index in [1.54, 1.807) is 0 Å². The highest BCUT2D eigenvalue weighted by Gasteiger charge is 2.54. The SMILES string of the molecule is CCC(NC(=O)c1csc2c1CCC(C)C2)C12CC3CC(CC(C3)C1)C2. The highest BCUT2D eigenvalue weighted by atomic mass is 32.1. The quantitative estimate of drug-likeness (QED) is 0.733. The van der Waals surface area contributed by atoms with Crippen LogP contribution >= 0.6 is 11.3 Å². The van der Waals surface area contributed by atoms with Gasteiger partial charge in [0.05, 0.1) is 5.56 Å². The van der Waals surface area contributed by atoms with Crippen LogP contribution in [-0.2, 0) is 12.8 Å². The van der Waals surface area contributed by atoms with Gasteiger partial charge < -0.3 is 5.32 Å². The summed E-state index contributed by atoms with van der Waals surface area (Å²) in [4.78, 5) is 14.7. The summed E-state index contributed by atoms with van der Waals surface area (Å²) < 4.78 is 0. The zero-order valence-electron chi connectivity index (χ0n) is 16.4. The van der Waals surface area contributed by atoms with Gasteiger partial charge in [-0.3, -0.25) is 4.79 Å². The van der Waals surface area contributed by atoms with Crippen LogP contribution in [-0.4, -0.2) is 11.9 Å². The molecule has 2 unspecified atom stereocenters. The maximum atomic E-state index is 13.2. The Morgan fingerprint density at radius 3 is 2.50 bits per heavy atom. The fraction of sp³-hybridized carbons (Fsp3) is 0.783. The first-order valence-electron chi connectivity index (χ1n) is 11.0. The van der Waals surface area contributed by atoms with E-state index in [4.69, 9.17) is 0 Å². The molecule has 1 aromatic heterocycles. The highest BCUT2D eigenvalue weighted by molar-refractivity contribution is 7.10. The Hall–Kier alpha value is -0.830. The summed E-state index contributed by atoms with van der Waals surface area (Å²) in [6, 6.07) is 0.376. The number of hydrogen-bond acceptors (Lipinski definition) is 2. The number of carbonyl (C=O) groups is 1. The van der Waals surface area contributed by atoms with Gasteiger partial charge in [-0.05, 0) is 98.9 Å². The third-order valence-electron chi connectivity index (χ3n) is 8.18. The van der Waals surface area contributed by atoms with E-state index < -0.39 is 0 Å². The molecule has 4 bridgehead atoms. The lowest BCUT2D eigenvalue weighted by atomic mass is 9.47. The molecule has 1 aromatic rings. The van der Waals surface area contributed by atoms with Gasteiger partial charge in [0.25, 0.3) is 5.91 Å². The molecule has 0 aliphatic heterocycles. The molecule has 5 aliphatic rings. The Bertz CT molecular complexity index is 670. The smallest absolute Gasteiger partial charge is 0.252 e. The number of hydrogen-bond donors (Lipinski definition) is 1. The number of rotatable bonds is 4. The van der Waals surface area contributed by atoms with E-state index in [1.807, 2.05) is 11.3 Å². The standard InChI is InChI=1S/C23H33NOS/c1-3-21(23-10-15-7-16(11-23)9-17(8-15)12-23)24-22(25)19-13-26-20-6-14(2)4-5-18(19)20/h13-17,21H,3-12H2,1-2H3,(H,24,25). The molecule has 6 rings (SSSR count). The molecule has 1 heterocycles. The van der Waals surface area contributed by atoms with Crippen LogP contribution in [0.2, 0.25) is 0 Å². The Balaban J connectivity index is 1.36. The molecule has 0 spiro atoms. The van der Waals surface area contributed by atoms with Gasteiger partial charge in [-0.2, -0.15) is 0 Å². The Morgan fingerprint density at radius 2 is 1.88 bits per heavy atom. The summed E-state index contributed by atoms with van der Waals surface area (Å²) in [5, 5.41) is 5.70. The van der Waals surface area contributed by atoms with Crippen molar-refractivity contribution in [1.29, 1.82) is 0 Å². The lowest BCUT2D eigenvalue weighted by molar-refractivity contribution is -0.0727. The molecular formula is C23H33NOS. The monoisotopic (exact) mass is 371 g/mol. The van der Waals surface area contributed by atoms with Crippen LogP contribution in [0.15, 0.2) is 5.38 Å². The molecule has 5 aliphatic carbocycles. The van der Waals surface area contributed by atoms with Gasteiger partial charge in [-0.25, -0.2) is 0 Å². The van der Waals surface area contributed by atoms with Crippen LogP contribution in [0.1, 0.15) is 86.0 Å². The number of thiophene rings is 1. The van der Waals surface area contributed by atoms with Gasteiger partial charge in [-0.1, -0.05) is 13.8 Å². The van der Waals surface area contributed by atoms with Crippen LogP contribution in [0.5, 0.6) is 0 Å². The normalized spacial score (nSPS) is 38.8. The minimum atomic E-state index is 0.222. The molecule has 2 atom stereocenters. The first-order chi connectivity index (χ1) is 12.6. The van der Waals surface area contributed by atoms with Crippen molar-refractivity contribution in [2.24, 2.45) is 29.1 Å². The van der Waals surface area contributed by atoms with Crippen LogP contribution in [0.4, 0.5) is 0 Å². The molecule has 0 aromatic carbocycles. The predicted octanol–water partition coefficient (Wildman–Crippen LogP) is 5.60. The number of fused-ring (bicyclic) bond motifs is 1. The average Bonchev–Trinajstić information content (AvgIpc) is 3.01. The molecule has 2 nitrogen and oxygen atoms in total. The van der Waals surface area contributed by atoms with Crippen molar-refractivity contribution in [2.75, 3.05) is 0 Å². The van der Waals surface area contributed by atoms with Gasteiger partial charge in [-0.15, -0.1) is 11.3 Å². The maximum Gasteiger partial charge on any atom is 0.252 e. The van der Waals surface area contributed by atoms with Crippen molar-refractivity contribution in [1.82, 2.24) is 5.32 Å². The topological polar surface area (TPSA) is 29.1 Å². The molecule has 1 N–H and O–H groups in total. The van der Waals surface area contributed by atoms with E-state index in [9.17, 15) is 4.79 Å². The predicted molar refractivity (Wildman–Crippen MR) is 108 cm³/mol. The lowest BCUT2D eigenvalue weighted by Gasteiger charge is -2.59. The second kappa shape index (κ2) is 6.36. The van der Waals surface area contributed by atoms with Gasteiger partial charge in [0, 0.05) is 16.3 Å².